The van der Waals surface area contributed by atoms with Gasteiger partial charge in [0, 0.05) is 31.7 Å². The van der Waals surface area contributed by atoms with E-state index in [0.29, 0.717) is 45.0 Å². The number of H-pyrrole nitrogens is 1. The van der Waals surface area contributed by atoms with Gasteiger partial charge in [0.1, 0.15) is 10.6 Å². The summed E-state index contributed by atoms with van der Waals surface area (Å²) in [5.74, 6) is 0.819. The van der Waals surface area contributed by atoms with Crippen LogP contribution in [-0.2, 0) is 30.6 Å². The molecule has 2 atom stereocenters. The SMILES string of the molecule is CNCc1cc2nc(-c3cc(C4(S(C)(=O)=O)CCOCC4)cc(N4C5CCC4COC5)n3)ccc2[nH]1. The zero-order valence-corrected chi connectivity index (χ0v) is 21.6. The molecule has 3 aromatic heterocycles. The monoisotopic (exact) mass is 511 g/mol. The van der Waals surface area contributed by atoms with E-state index >= 15 is 0 Å². The number of fused-ring (bicyclic) bond motifs is 3. The fourth-order valence-corrected chi connectivity index (χ4v) is 7.57. The minimum absolute atomic E-state index is 0.257. The molecule has 192 valence electrons. The molecule has 0 radical (unpaired) electrons. The Kier molecular flexibility index (Phi) is 6.02. The fourth-order valence-electron chi connectivity index (χ4n) is 6.11. The number of ether oxygens (including phenoxy) is 2. The molecule has 0 saturated carbocycles. The van der Waals surface area contributed by atoms with Crippen LogP contribution in [0, 0.1) is 0 Å². The molecule has 3 aliphatic heterocycles. The van der Waals surface area contributed by atoms with Crippen LogP contribution < -0.4 is 10.2 Å². The molecule has 6 rings (SSSR count). The van der Waals surface area contributed by atoms with E-state index in [1.807, 2.05) is 37.4 Å². The Morgan fingerprint density at radius 3 is 2.50 bits per heavy atom. The molecular weight excluding hydrogens is 478 g/mol. The van der Waals surface area contributed by atoms with Crippen LogP contribution in [-0.4, -0.2) is 75.2 Å². The maximum absolute atomic E-state index is 13.3. The summed E-state index contributed by atoms with van der Waals surface area (Å²) in [6.45, 7) is 2.91. The van der Waals surface area contributed by atoms with Gasteiger partial charge in [-0.1, -0.05) is 0 Å². The van der Waals surface area contributed by atoms with Crippen LogP contribution in [0.15, 0.2) is 30.3 Å². The molecule has 2 N–H and O–H groups in total. The Labute approximate surface area is 211 Å². The molecule has 6 heterocycles. The summed E-state index contributed by atoms with van der Waals surface area (Å²) >= 11 is 0. The van der Waals surface area contributed by atoms with Gasteiger partial charge in [0.05, 0.1) is 47.7 Å². The predicted molar refractivity (Wildman–Crippen MR) is 139 cm³/mol. The second-order valence-electron chi connectivity index (χ2n) is 10.3. The highest BCUT2D eigenvalue weighted by Crippen LogP contribution is 2.43. The first-order valence-electron chi connectivity index (χ1n) is 12.7. The fraction of sp³-hybridized carbons (Fsp3) is 0.538. The van der Waals surface area contributed by atoms with E-state index in [-0.39, 0.29) is 12.1 Å². The smallest absolute Gasteiger partial charge is 0.157 e. The lowest BCUT2D eigenvalue weighted by molar-refractivity contribution is 0.0741. The normalized spacial score (nSPS) is 23.9. The van der Waals surface area contributed by atoms with E-state index < -0.39 is 14.6 Å². The van der Waals surface area contributed by atoms with Crippen molar-refractivity contribution in [3.05, 3.63) is 41.6 Å². The van der Waals surface area contributed by atoms with Crippen molar-refractivity contribution in [2.24, 2.45) is 0 Å². The number of nitrogens with zero attached hydrogens (tertiary/aromatic N) is 3. The van der Waals surface area contributed by atoms with Gasteiger partial charge in [0.15, 0.2) is 9.84 Å². The number of aromatic nitrogens is 3. The van der Waals surface area contributed by atoms with Crippen LogP contribution in [0.5, 0.6) is 0 Å². The second-order valence-corrected chi connectivity index (χ2v) is 12.6. The Balaban J connectivity index is 1.51. The van der Waals surface area contributed by atoms with Gasteiger partial charge in [-0.05, 0) is 68.6 Å². The Morgan fingerprint density at radius 1 is 1.06 bits per heavy atom. The van der Waals surface area contributed by atoms with Gasteiger partial charge in [-0.25, -0.2) is 18.4 Å². The Bertz CT molecular complexity index is 1370. The standard InChI is InChI=1S/C26H33N5O4S/c1-27-14-18-13-24-21(28-18)5-6-22(29-24)23-11-17(26(36(2,32)33)7-9-34-10-8-26)12-25(30-23)31-19-3-4-20(31)16-35-15-19/h5-6,11-13,19-20,27-28H,3-4,7-10,14-16H2,1-2H3. The van der Waals surface area contributed by atoms with Crippen molar-refractivity contribution in [3.8, 4) is 11.4 Å². The quantitative estimate of drug-likeness (QED) is 0.520. The zero-order valence-electron chi connectivity index (χ0n) is 20.8. The molecule has 3 aromatic rings. The summed E-state index contributed by atoms with van der Waals surface area (Å²) in [4.78, 5) is 15.7. The van der Waals surface area contributed by atoms with Crippen LogP contribution in [0.1, 0.15) is 36.9 Å². The molecule has 3 saturated heterocycles. The van der Waals surface area contributed by atoms with E-state index in [9.17, 15) is 8.42 Å². The third-order valence-electron chi connectivity index (χ3n) is 8.01. The van der Waals surface area contributed by atoms with Gasteiger partial charge in [-0.2, -0.15) is 0 Å². The number of hydrogen-bond donors (Lipinski definition) is 2. The highest BCUT2D eigenvalue weighted by Gasteiger charge is 2.45. The summed E-state index contributed by atoms with van der Waals surface area (Å²) in [6, 6.07) is 10.5. The molecule has 0 spiro atoms. The highest BCUT2D eigenvalue weighted by atomic mass is 32.2. The van der Waals surface area contributed by atoms with E-state index in [0.717, 1.165) is 53.2 Å². The Hall–Kier alpha value is -2.53. The van der Waals surface area contributed by atoms with Crippen LogP contribution in [0.2, 0.25) is 0 Å². The first kappa shape index (κ1) is 23.8. The molecule has 36 heavy (non-hydrogen) atoms. The van der Waals surface area contributed by atoms with Crippen molar-refractivity contribution in [3.63, 3.8) is 0 Å². The number of hydrogen-bond acceptors (Lipinski definition) is 8. The first-order chi connectivity index (χ1) is 17.4. The van der Waals surface area contributed by atoms with Crippen LogP contribution in [0.4, 0.5) is 5.82 Å². The number of morpholine rings is 1. The summed E-state index contributed by atoms with van der Waals surface area (Å²) in [6.07, 6.45) is 4.33. The van der Waals surface area contributed by atoms with Gasteiger partial charge in [0.2, 0.25) is 0 Å². The van der Waals surface area contributed by atoms with Gasteiger partial charge in [-0.3, -0.25) is 0 Å². The minimum atomic E-state index is -3.42. The molecule has 0 aliphatic carbocycles. The van der Waals surface area contributed by atoms with E-state index in [4.69, 9.17) is 19.4 Å². The molecule has 3 fully saturated rings. The van der Waals surface area contributed by atoms with E-state index in [1.54, 1.807) is 0 Å². The van der Waals surface area contributed by atoms with E-state index in [1.165, 1.54) is 6.26 Å². The number of anilines is 1. The maximum Gasteiger partial charge on any atom is 0.157 e. The van der Waals surface area contributed by atoms with Gasteiger partial charge < -0.3 is 24.7 Å². The van der Waals surface area contributed by atoms with Gasteiger partial charge in [0.25, 0.3) is 0 Å². The average molecular weight is 512 g/mol. The average Bonchev–Trinajstić information content (AvgIpc) is 3.39. The molecule has 2 bridgehead atoms. The van der Waals surface area contributed by atoms with Crippen molar-refractivity contribution in [1.82, 2.24) is 20.3 Å². The number of aromatic amines is 1. The van der Waals surface area contributed by atoms with Crippen molar-refractivity contribution in [1.29, 1.82) is 0 Å². The molecule has 10 heteroatoms. The lowest BCUT2D eigenvalue weighted by atomic mass is 9.90. The van der Waals surface area contributed by atoms with Crippen molar-refractivity contribution < 1.29 is 17.9 Å². The molecule has 9 nitrogen and oxygen atoms in total. The lowest BCUT2D eigenvalue weighted by Crippen LogP contribution is -2.47. The third kappa shape index (κ3) is 4.00. The maximum atomic E-state index is 13.3. The lowest BCUT2D eigenvalue weighted by Gasteiger charge is -2.39. The molecule has 0 aromatic carbocycles. The number of sulfone groups is 1. The molecular formula is C26H33N5O4S. The molecule has 3 aliphatic rings. The van der Waals surface area contributed by atoms with Crippen molar-refractivity contribution in [2.75, 3.05) is 44.6 Å². The predicted octanol–water partition coefficient (Wildman–Crippen LogP) is 2.76. The second kappa shape index (κ2) is 9.09. The van der Waals surface area contributed by atoms with Crippen LogP contribution in [0.25, 0.3) is 22.4 Å². The third-order valence-corrected chi connectivity index (χ3v) is 10.1. The summed E-state index contributed by atoms with van der Waals surface area (Å²) < 4.78 is 37.0. The topological polar surface area (TPSA) is 109 Å². The van der Waals surface area contributed by atoms with Crippen LogP contribution >= 0.6 is 0 Å². The molecule has 0 amide bonds. The largest absolute Gasteiger partial charge is 0.381 e. The molecule has 2 unspecified atom stereocenters. The zero-order chi connectivity index (χ0) is 24.9. The van der Waals surface area contributed by atoms with Gasteiger partial charge in [-0.15, -0.1) is 0 Å². The number of rotatable bonds is 6. The summed E-state index contributed by atoms with van der Waals surface area (Å²) in [7, 11) is -1.51. The van der Waals surface area contributed by atoms with Crippen molar-refractivity contribution >= 4 is 26.7 Å². The highest BCUT2D eigenvalue weighted by molar-refractivity contribution is 7.91. The summed E-state index contributed by atoms with van der Waals surface area (Å²) in [5.41, 5.74) is 5.09. The van der Waals surface area contributed by atoms with E-state index in [2.05, 4.69) is 15.2 Å². The number of pyridine rings is 2. The van der Waals surface area contributed by atoms with Crippen LogP contribution in [0.3, 0.4) is 0 Å². The van der Waals surface area contributed by atoms with Crippen molar-refractivity contribution in [2.45, 2.75) is 49.1 Å². The minimum Gasteiger partial charge on any atom is -0.381 e. The van der Waals surface area contributed by atoms with Gasteiger partial charge >= 0.3 is 0 Å². The first-order valence-corrected chi connectivity index (χ1v) is 14.6. The summed E-state index contributed by atoms with van der Waals surface area (Å²) in [5, 5.41) is 3.16. The number of nitrogens with one attached hydrogen (secondary N) is 2. The Morgan fingerprint density at radius 2 is 1.81 bits per heavy atom.